The fourth-order valence-electron chi connectivity index (χ4n) is 2.50. The first-order chi connectivity index (χ1) is 10.1. The largest absolute Gasteiger partial charge is 0.493 e. The van der Waals surface area contributed by atoms with Crippen LogP contribution >= 0.6 is 11.6 Å². The number of rotatable bonds is 4. The minimum absolute atomic E-state index is 0.00713. The molecule has 0 saturated carbocycles. The molecule has 3 rings (SSSR count). The molecule has 0 amide bonds. The van der Waals surface area contributed by atoms with Crippen LogP contribution in [-0.2, 0) is 13.0 Å². The summed E-state index contributed by atoms with van der Waals surface area (Å²) in [6, 6.07) is 11.7. The van der Waals surface area contributed by atoms with Crippen molar-refractivity contribution in [3.63, 3.8) is 0 Å². The third-order valence-electron chi connectivity index (χ3n) is 3.60. The topological polar surface area (TPSA) is 44.5 Å². The van der Waals surface area contributed by atoms with E-state index in [4.69, 9.17) is 26.8 Å². The highest BCUT2D eigenvalue weighted by Crippen LogP contribution is 2.33. The predicted octanol–water partition coefficient (Wildman–Crippen LogP) is 3.87. The Morgan fingerprint density at radius 1 is 1.33 bits per heavy atom. The van der Waals surface area contributed by atoms with E-state index in [0.717, 1.165) is 39.6 Å². The Labute approximate surface area is 129 Å². The number of hydrogen-bond donors (Lipinski definition) is 1. The lowest BCUT2D eigenvalue weighted by Gasteiger charge is -2.12. The summed E-state index contributed by atoms with van der Waals surface area (Å²) in [4.78, 5) is 0. The molecule has 3 nitrogen and oxygen atoms in total. The number of hydrogen-bond acceptors (Lipinski definition) is 3. The molecule has 0 spiro atoms. The van der Waals surface area contributed by atoms with Crippen molar-refractivity contribution in [1.29, 1.82) is 0 Å². The van der Waals surface area contributed by atoms with Gasteiger partial charge in [0, 0.05) is 23.0 Å². The Bertz CT molecular complexity index is 655. The summed E-state index contributed by atoms with van der Waals surface area (Å²) >= 11 is 6.15. The molecule has 0 fully saturated rings. The zero-order chi connectivity index (χ0) is 14.8. The van der Waals surface area contributed by atoms with Crippen LogP contribution in [0.1, 0.15) is 29.7 Å². The maximum Gasteiger partial charge on any atom is 0.129 e. The fraction of sp³-hybridized carbons (Fsp3) is 0.294. The number of nitrogens with two attached hydrogens (primary N) is 1. The molecular formula is C17H18ClNO2. The van der Waals surface area contributed by atoms with Gasteiger partial charge in [0.1, 0.15) is 18.1 Å². The van der Waals surface area contributed by atoms with Crippen LogP contribution in [0.15, 0.2) is 36.4 Å². The Balaban J connectivity index is 1.78. The van der Waals surface area contributed by atoms with E-state index in [9.17, 15) is 0 Å². The van der Waals surface area contributed by atoms with Gasteiger partial charge >= 0.3 is 0 Å². The first-order valence-electron chi connectivity index (χ1n) is 7.06. The minimum Gasteiger partial charge on any atom is -0.493 e. The molecule has 21 heavy (non-hydrogen) atoms. The van der Waals surface area contributed by atoms with Gasteiger partial charge in [-0.15, -0.1) is 0 Å². The molecule has 1 atom stereocenters. The van der Waals surface area contributed by atoms with Crippen molar-refractivity contribution in [2.45, 2.75) is 26.0 Å². The molecule has 0 aromatic heterocycles. The zero-order valence-corrected chi connectivity index (χ0v) is 12.7. The van der Waals surface area contributed by atoms with Crippen molar-refractivity contribution < 1.29 is 9.47 Å². The first-order valence-corrected chi connectivity index (χ1v) is 7.44. The maximum absolute atomic E-state index is 6.15. The fourth-order valence-corrected chi connectivity index (χ4v) is 2.77. The molecule has 2 aromatic rings. The molecule has 1 heterocycles. The minimum atomic E-state index is -0.00713. The third-order valence-corrected chi connectivity index (χ3v) is 3.82. The summed E-state index contributed by atoms with van der Waals surface area (Å²) < 4.78 is 11.5. The zero-order valence-electron chi connectivity index (χ0n) is 11.9. The average molecular weight is 304 g/mol. The van der Waals surface area contributed by atoms with Crippen LogP contribution in [-0.4, -0.2) is 6.61 Å². The molecule has 2 N–H and O–H groups in total. The van der Waals surface area contributed by atoms with Crippen LogP contribution in [0.25, 0.3) is 0 Å². The Kier molecular flexibility index (Phi) is 4.04. The SMILES string of the molecule is CC(N)c1cccc(OCc2cc(Cl)cc3c2OCC3)c1. The van der Waals surface area contributed by atoms with Gasteiger partial charge in [-0.2, -0.15) is 0 Å². The predicted molar refractivity (Wildman–Crippen MR) is 84.0 cm³/mol. The molecule has 1 aliphatic rings. The normalized spacial score (nSPS) is 14.4. The second kappa shape index (κ2) is 5.96. The highest BCUT2D eigenvalue weighted by atomic mass is 35.5. The van der Waals surface area contributed by atoms with Gasteiger partial charge in [-0.1, -0.05) is 23.7 Å². The van der Waals surface area contributed by atoms with E-state index in [2.05, 4.69) is 0 Å². The van der Waals surface area contributed by atoms with Crippen molar-refractivity contribution in [2.24, 2.45) is 5.73 Å². The highest BCUT2D eigenvalue weighted by molar-refractivity contribution is 6.30. The first kappa shape index (κ1) is 14.2. The third kappa shape index (κ3) is 3.14. The smallest absolute Gasteiger partial charge is 0.129 e. The lowest BCUT2D eigenvalue weighted by molar-refractivity contribution is 0.291. The summed E-state index contributed by atoms with van der Waals surface area (Å²) in [5.41, 5.74) is 9.09. The van der Waals surface area contributed by atoms with Crippen molar-refractivity contribution in [3.05, 3.63) is 58.1 Å². The highest BCUT2D eigenvalue weighted by Gasteiger charge is 2.18. The molecule has 2 aromatic carbocycles. The van der Waals surface area contributed by atoms with Crippen LogP contribution in [0.3, 0.4) is 0 Å². The summed E-state index contributed by atoms with van der Waals surface area (Å²) in [5.74, 6) is 1.72. The molecule has 1 aliphatic heterocycles. The quantitative estimate of drug-likeness (QED) is 0.932. The Morgan fingerprint density at radius 2 is 2.19 bits per heavy atom. The summed E-state index contributed by atoms with van der Waals surface area (Å²) in [6.07, 6.45) is 0.906. The van der Waals surface area contributed by atoms with E-state index in [1.807, 2.05) is 43.3 Å². The van der Waals surface area contributed by atoms with Gasteiger partial charge in [0.2, 0.25) is 0 Å². The van der Waals surface area contributed by atoms with E-state index in [1.165, 1.54) is 0 Å². The summed E-state index contributed by atoms with van der Waals surface area (Å²) in [6.45, 7) is 3.10. The number of halogens is 1. The number of ether oxygens (including phenoxy) is 2. The van der Waals surface area contributed by atoms with Gasteiger partial charge in [-0.3, -0.25) is 0 Å². The Hall–Kier alpha value is -1.71. The lowest BCUT2D eigenvalue weighted by atomic mass is 10.1. The standard InChI is InChI=1S/C17H18ClNO2/c1-11(19)12-3-2-4-16(9-12)21-10-14-8-15(18)7-13-5-6-20-17(13)14/h2-4,7-9,11H,5-6,10,19H2,1H3. The average Bonchev–Trinajstić information content (AvgIpc) is 2.93. The number of benzene rings is 2. The van der Waals surface area contributed by atoms with Gasteiger partial charge in [-0.25, -0.2) is 0 Å². The Morgan fingerprint density at radius 3 is 3.00 bits per heavy atom. The maximum atomic E-state index is 6.15. The summed E-state index contributed by atoms with van der Waals surface area (Å²) in [7, 11) is 0. The summed E-state index contributed by atoms with van der Waals surface area (Å²) in [5, 5.41) is 0.724. The van der Waals surface area contributed by atoms with Crippen molar-refractivity contribution in [3.8, 4) is 11.5 Å². The lowest BCUT2D eigenvalue weighted by Crippen LogP contribution is -2.05. The molecule has 1 unspecified atom stereocenters. The van der Waals surface area contributed by atoms with E-state index < -0.39 is 0 Å². The number of fused-ring (bicyclic) bond motifs is 1. The monoisotopic (exact) mass is 303 g/mol. The van der Waals surface area contributed by atoms with Gasteiger partial charge in [0.05, 0.1) is 6.61 Å². The van der Waals surface area contributed by atoms with Gasteiger partial charge < -0.3 is 15.2 Å². The van der Waals surface area contributed by atoms with Crippen LogP contribution in [0.2, 0.25) is 5.02 Å². The molecular weight excluding hydrogens is 286 g/mol. The second-order valence-electron chi connectivity index (χ2n) is 5.30. The molecule has 4 heteroatoms. The van der Waals surface area contributed by atoms with E-state index >= 15 is 0 Å². The van der Waals surface area contributed by atoms with Gasteiger partial charge in [0.15, 0.2) is 0 Å². The van der Waals surface area contributed by atoms with Crippen molar-refractivity contribution >= 4 is 11.6 Å². The molecule has 0 saturated heterocycles. The van der Waals surface area contributed by atoms with E-state index in [0.29, 0.717) is 13.2 Å². The molecule has 110 valence electrons. The van der Waals surface area contributed by atoms with Gasteiger partial charge in [-0.05, 0) is 42.3 Å². The van der Waals surface area contributed by atoms with Crippen molar-refractivity contribution in [1.82, 2.24) is 0 Å². The van der Waals surface area contributed by atoms with Crippen LogP contribution in [0, 0.1) is 0 Å². The van der Waals surface area contributed by atoms with Crippen LogP contribution < -0.4 is 15.2 Å². The van der Waals surface area contributed by atoms with E-state index in [1.54, 1.807) is 0 Å². The van der Waals surface area contributed by atoms with Crippen molar-refractivity contribution in [2.75, 3.05) is 6.61 Å². The van der Waals surface area contributed by atoms with Crippen LogP contribution in [0.4, 0.5) is 0 Å². The molecule has 0 radical (unpaired) electrons. The van der Waals surface area contributed by atoms with Gasteiger partial charge in [0.25, 0.3) is 0 Å². The van der Waals surface area contributed by atoms with E-state index in [-0.39, 0.29) is 6.04 Å². The molecule has 0 bridgehead atoms. The second-order valence-corrected chi connectivity index (χ2v) is 5.74. The molecule has 0 aliphatic carbocycles. The van der Waals surface area contributed by atoms with Crippen LogP contribution in [0.5, 0.6) is 11.5 Å².